The van der Waals surface area contributed by atoms with Crippen molar-refractivity contribution in [1.82, 2.24) is 4.98 Å². The first-order valence-electron chi connectivity index (χ1n) is 13.7. The van der Waals surface area contributed by atoms with Crippen LogP contribution in [0.25, 0.3) is 0 Å². The molecule has 2 N–H and O–H groups in total. The van der Waals surface area contributed by atoms with E-state index in [4.69, 9.17) is 27.9 Å². The van der Waals surface area contributed by atoms with Crippen LogP contribution in [0.2, 0.25) is 10.0 Å². The molecule has 42 heavy (non-hydrogen) atoms. The van der Waals surface area contributed by atoms with E-state index in [0.29, 0.717) is 35.7 Å². The van der Waals surface area contributed by atoms with Crippen LogP contribution in [0.1, 0.15) is 68.9 Å². The lowest BCUT2D eigenvalue weighted by Gasteiger charge is -2.32. The number of nitrogens with one attached hydrogen (secondary N) is 1. The molecule has 1 atom stereocenters. The zero-order chi connectivity index (χ0) is 31.2. The number of aromatic nitrogens is 1. The van der Waals surface area contributed by atoms with Crippen molar-refractivity contribution in [3.63, 3.8) is 0 Å². The third-order valence-electron chi connectivity index (χ3n) is 6.40. The number of ether oxygens (including phenoxy) is 1. The molecule has 224 valence electrons. The molecular formula is C32H37Cl2N3O5. The molecule has 10 heteroatoms. The summed E-state index contributed by atoms with van der Waals surface area (Å²) in [5.41, 5.74) is 1.21. The van der Waals surface area contributed by atoms with Crippen molar-refractivity contribution in [3.8, 4) is 5.75 Å². The standard InChI is InChI=1S/C32H37Cl2N3O5/c1-7-42-26-13-12-21(16-25(26)37(18-19(2)3)31(41)32(4,5)6)22(30(39)40)15-20-11-14-27(35-17-20)36-29(38)28-23(33)9-8-10-24(28)34/h8-14,16-17,19,22H,7,15,18H2,1-6H3,(H,39,40)(H,35,36,38). The van der Waals surface area contributed by atoms with E-state index in [1.54, 1.807) is 53.4 Å². The van der Waals surface area contributed by atoms with E-state index in [-0.39, 0.29) is 39.7 Å². The van der Waals surface area contributed by atoms with Gasteiger partial charge < -0.3 is 20.1 Å². The number of carbonyl (C=O) groups is 3. The summed E-state index contributed by atoms with van der Waals surface area (Å²) in [6.45, 7) is 12.3. The third kappa shape index (κ3) is 8.23. The SMILES string of the molecule is CCOc1ccc(C(Cc2ccc(NC(=O)c3c(Cl)cccc3Cl)nc2)C(=O)O)cc1N(CC(C)C)C(=O)C(C)(C)C. The van der Waals surface area contributed by atoms with E-state index < -0.39 is 23.2 Å². The Hall–Kier alpha value is -3.62. The first-order valence-corrected chi connectivity index (χ1v) is 14.5. The van der Waals surface area contributed by atoms with Crippen LogP contribution in [0.3, 0.4) is 0 Å². The molecule has 1 unspecified atom stereocenters. The van der Waals surface area contributed by atoms with Crippen LogP contribution < -0.4 is 15.0 Å². The molecule has 0 saturated carbocycles. The Balaban J connectivity index is 1.91. The van der Waals surface area contributed by atoms with Gasteiger partial charge in [-0.2, -0.15) is 0 Å². The number of carboxylic acids is 1. The smallest absolute Gasteiger partial charge is 0.311 e. The number of aliphatic carboxylic acids is 1. The monoisotopic (exact) mass is 613 g/mol. The second-order valence-electron chi connectivity index (χ2n) is 11.4. The highest BCUT2D eigenvalue weighted by molar-refractivity contribution is 6.40. The van der Waals surface area contributed by atoms with Crippen molar-refractivity contribution in [3.05, 3.63) is 81.5 Å². The van der Waals surface area contributed by atoms with Crippen LogP contribution in [0.15, 0.2) is 54.7 Å². The van der Waals surface area contributed by atoms with Gasteiger partial charge in [0.05, 0.1) is 33.8 Å². The molecule has 8 nitrogen and oxygen atoms in total. The Morgan fingerprint density at radius 1 is 1.05 bits per heavy atom. The second kappa shape index (κ2) is 14.0. The average molecular weight is 615 g/mol. The van der Waals surface area contributed by atoms with E-state index in [9.17, 15) is 19.5 Å². The summed E-state index contributed by atoms with van der Waals surface area (Å²) in [6, 6.07) is 13.3. The summed E-state index contributed by atoms with van der Waals surface area (Å²) in [5, 5.41) is 13.3. The molecule has 0 fully saturated rings. The molecule has 2 amide bonds. The van der Waals surface area contributed by atoms with Gasteiger partial charge in [0.25, 0.3) is 5.91 Å². The summed E-state index contributed by atoms with van der Waals surface area (Å²) < 4.78 is 5.87. The molecule has 0 bridgehead atoms. The first kappa shape index (κ1) is 32.9. The van der Waals surface area contributed by atoms with Gasteiger partial charge in [-0.3, -0.25) is 14.4 Å². The minimum atomic E-state index is -1.02. The number of amides is 2. The van der Waals surface area contributed by atoms with Crippen molar-refractivity contribution in [2.75, 3.05) is 23.4 Å². The van der Waals surface area contributed by atoms with Crippen molar-refractivity contribution < 1.29 is 24.2 Å². The quantitative estimate of drug-likeness (QED) is 0.232. The number of carbonyl (C=O) groups excluding carboxylic acids is 2. The summed E-state index contributed by atoms with van der Waals surface area (Å²) in [5.74, 6) is -1.58. The lowest BCUT2D eigenvalue weighted by atomic mass is 9.90. The molecule has 0 aliphatic heterocycles. The molecule has 3 rings (SSSR count). The fourth-order valence-electron chi connectivity index (χ4n) is 4.40. The predicted octanol–water partition coefficient (Wildman–Crippen LogP) is 7.49. The zero-order valence-corrected chi connectivity index (χ0v) is 26.2. The summed E-state index contributed by atoms with van der Waals surface area (Å²) >= 11 is 12.3. The Labute approximate surface area is 257 Å². The number of pyridine rings is 1. The molecule has 1 heterocycles. The van der Waals surface area contributed by atoms with Gasteiger partial charge in [-0.15, -0.1) is 0 Å². The summed E-state index contributed by atoms with van der Waals surface area (Å²) in [6.07, 6.45) is 1.65. The van der Waals surface area contributed by atoms with Gasteiger partial charge in [-0.1, -0.05) is 76.0 Å². The average Bonchev–Trinajstić information content (AvgIpc) is 2.90. The van der Waals surface area contributed by atoms with E-state index in [1.807, 2.05) is 41.5 Å². The number of hydrogen-bond donors (Lipinski definition) is 2. The Morgan fingerprint density at radius 3 is 2.24 bits per heavy atom. The van der Waals surface area contributed by atoms with Crippen LogP contribution in [-0.4, -0.2) is 41.0 Å². The van der Waals surface area contributed by atoms with Crippen LogP contribution in [-0.2, 0) is 16.0 Å². The third-order valence-corrected chi connectivity index (χ3v) is 7.03. The maximum Gasteiger partial charge on any atom is 0.311 e. The molecule has 0 aliphatic carbocycles. The maximum absolute atomic E-state index is 13.5. The Bertz CT molecular complexity index is 1410. The van der Waals surface area contributed by atoms with Crippen molar-refractivity contribution >= 4 is 52.5 Å². The number of nitrogens with zero attached hydrogens (tertiary/aromatic N) is 2. The van der Waals surface area contributed by atoms with E-state index in [1.165, 1.54) is 6.20 Å². The normalized spacial score (nSPS) is 12.1. The number of anilines is 2. The van der Waals surface area contributed by atoms with E-state index >= 15 is 0 Å². The van der Waals surface area contributed by atoms with Crippen LogP contribution >= 0.6 is 23.2 Å². The molecule has 0 spiro atoms. The highest BCUT2D eigenvalue weighted by atomic mass is 35.5. The van der Waals surface area contributed by atoms with Crippen molar-refractivity contribution in [1.29, 1.82) is 0 Å². The van der Waals surface area contributed by atoms with Crippen molar-refractivity contribution in [2.24, 2.45) is 11.3 Å². The molecule has 2 aromatic carbocycles. The number of rotatable bonds is 11. The maximum atomic E-state index is 13.5. The van der Waals surface area contributed by atoms with Crippen LogP contribution in [0, 0.1) is 11.3 Å². The molecule has 0 radical (unpaired) electrons. The zero-order valence-electron chi connectivity index (χ0n) is 24.7. The summed E-state index contributed by atoms with van der Waals surface area (Å²) in [7, 11) is 0. The number of carboxylic acid groups (broad SMARTS) is 1. The van der Waals surface area contributed by atoms with Gasteiger partial charge in [0, 0.05) is 18.2 Å². The molecule has 1 aromatic heterocycles. The van der Waals surface area contributed by atoms with Crippen molar-refractivity contribution in [2.45, 2.75) is 53.9 Å². The number of hydrogen-bond acceptors (Lipinski definition) is 5. The highest BCUT2D eigenvalue weighted by Gasteiger charge is 2.32. The predicted molar refractivity (Wildman–Crippen MR) is 167 cm³/mol. The summed E-state index contributed by atoms with van der Waals surface area (Å²) in [4.78, 5) is 44.7. The second-order valence-corrected chi connectivity index (χ2v) is 12.2. The fourth-order valence-corrected chi connectivity index (χ4v) is 4.97. The van der Waals surface area contributed by atoms with E-state index in [2.05, 4.69) is 10.3 Å². The Kier molecular flexibility index (Phi) is 11.0. The van der Waals surface area contributed by atoms with Gasteiger partial charge in [0.15, 0.2) is 0 Å². The van der Waals surface area contributed by atoms with Gasteiger partial charge in [0.1, 0.15) is 11.6 Å². The van der Waals surface area contributed by atoms with E-state index in [0.717, 1.165) is 0 Å². The minimum absolute atomic E-state index is 0.0823. The Morgan fingerprint density at radius 2 is 1.71 bits per heavy atom. The first-order chi connectivity index (χ1) is 19.7. The van der Waals surface area contributed by atoms with Crippen LogP contribution in [0.5, 0.6) is 5.75 Å². The fraction of sp³-hybridized carbons (Fsp3) is 0.375. The van der Waals surface area contributed by atoms with Crippen LogP contribution in [0.4, 0.5) is 11.5 Å². The van der Waals surface area contributed by atoms with Gasteiger partial charge in [-0.05, 0) is 60.7 Å². The highest BCUT2D eigenvalue weighted by Crippen LogP contribution is 2.36. The lowest BCUT2D eigenvalue weighted by Crippen LogP contribution is -2.42. The topological polar surface area (TPSA) is 109 Å². The molecule has 0 aliphatic rings. The molecule has 3 aromatic rings. The largest absolute Gasteiger partial charge is 0.492 e. The number of halogens is 2. The molecule has 0 saturated heterocycles. The number of benzene rings is 2. The van der Waals surface area contributed by atoms with Gasteiger partial charge >= 0.3 is 5.97 Å². The lowest BCUT2D eigenvalue weighted by molar-refractivity contribution is -0.138. The van der Waals surface area contributed by atoms with Gasteiger partial charge in [0.2, 0.25) is 5.91 Å². The molecular weight excluding hydrogens is 577 g/mol. The van der Waals surface area contributed by atoms with Gasteiger partial charge in [-0.25, -0.2) is 4.98 Å². The minimum Gasteiger partial charge on any atom is -0.492 e.